The summed E-state index contributed by atoms with van der Waals surface area (Å²) in [7, 11) is 1.41. The Morgan fingerprint density at radius 1 is 1.19 bits per heavy atom. The van der Waals surface area contributed by atoms with E-state index in [2.05, 4.69) is 9.97 Å². The minimum absolute atomic E-state index is 0.0669. The van der Waals surface area contributed by atoms with Crippen molar-refractivity contribution in [3.05, 3.63) is 63.8 Å². The Morgan fingerprint density at radius 3 is 2.71 bits per heavy atom. The van der Waals surface area contributed by atoms with E-state index in [0.29, 0.717) is 16.6 Å². The number of methoxy groups -OCH3 is 1. The van der Waals surface area contributed by atoms with E-state index < -0.39 is 11.9 Å². The highest BCUT2D eigenvalue weighted by Crippen LogP contribution is 2.32. The number of hydrogen-bond acceptors (Lipinski definition) is 3. The van der Waals surface area contributed by atoms with E-state index in [1.807, 2.05) is 0 Å². The molecule has 5 nitrogen and oxygen atoms in total. The van der Waals surface area contributed by atoms with Crippen molar-refractivity contribution in [2.24, 2.45) is 0 Å². The molecule has 3 N–H and O–H groups in total. The minimum atomic E-state index is -1.19. The molecule has 0 spiro atoms. The average Bonchev–Trinajstić information content (AvgIpc) is 2.85. The van der Waals surface area contributed by atoms with Gasteiger partial charge in [0.25, 0.3) is 0 Å². The van der Waals surface area contributed by atoms with Crippen molar-refractivity contribution in [2.75, 3.05) is 7.11 Å². The van der Waals surface area contributed by atoms with E-state index in [1.54, 1.807) is 24.3 Å². The van der Waals surface area contributed by atoms with Crippen molar-refractivity contribution in [1.29, 1.82) is 0 Å². The molecule has 0 aliphatic rings. The summed E-state index contributed by atoms with van der Waals surface area (Å²) in [4.78, 5) is 16.4. The van der Waals surface area contributed by atoms with Gasteiger partial charge in [-0.3, -0.25) is 0 Å². The second kappa shape index (κ2) is 5.06. The standard InChI is InChI=1S/C15H13FN2O3/c1-21-12-4-2-3-9(16)13(12)14(19)8-5-6-10-11(7-8)18-15(20)17-10/h2-7,14,19H,1H3,(H2,17,18,20). The third-order valence-electron chi connectivity index (χ3n) is 3.36. The predicted octanol–water partition coefficient (Wildman–Crippen LogP) is 2.09. The van der Waals surface area contributed by atoms with Gasteiger partial charge in [-0.1, -0.05) is 12.1 Å². The summed E-state index contributed by atoms with van der Waals surface area (Å²) in [6, 6.07) is 9.23. The summed E-state index contributed by atoms with van der Waals surface area (Å²) < 4.78 is 19.1. The van der Waals surface area contributed by atoms with Crippen molar-refractivity contribution in [2.45, 2.75) is 6.10 Å². The number of aliphatic hydroxyl groups is 1. The van der Waals surface area contributed by atoms with Crippen molar-refractivity contribution in [3.8, 4) is 5.75 Å². The first kappa shape index (κ1) is 13.4. The number of aliphatic hydroxyl groups excluding tert-OH is 1. The van der Waals surface area contributed by atoms with Gasteiger partial charge < -0.3 is 19.8 Å². The molecule has 108 valence electrons. The molecule has 0 fully saturated rings. The van der Waals surface area contributed by atoms with Gasteiger partial charge in [-0.05, 0) is 29.8 Å². The van der Waals surface area contributed by atoms with Crippen LogP contribution in [0.2, 0.25) is 0 Å². The number of benzene rings is 2. The van der Waals surface area contributed by atoms with E-state index in [0.717, 1.165) is 0 Å². The lowest BCUT2D eigenvalue weighted by Gasteiger charge is -2.16. The third kappa shape index (κ3) is 2.30. The lowest BCUT2D eigenvalue weighted by Crippen LogP contribution is -2.05. The molecule has 0 saturated heterocycles. The number of halogens is 1. The number of rotatable bonds is 3. The molecule has 0 radical (unpaired) electrons. The molecule has 0 bridgehead atoms. The molecule has 3 rings (SSSR count). The number of fused-ring (bicyclic) bond motifs is 1. The van der Waals surface area contributed by atoms with E-state index in [4.69, 9.17) is 4.74 Å². The molecular formula is C15H13FN2O3. The maximum atomic E-state index is 14.0. The van der Waals surface area contributed by atoms with Gasteiger partial charge in [0.05, 0.1) is 23.7 Å². The van der Waals surface area contributed by atoms with Crippen molar-refractivity contribution in [3.63, 3.8) is 0 Å². The molecule has 0 aliphatic heterocycles. The summed E-state index contributed by atoms with van der Waals surface area (Å²) >= 11 is 0. The molecule has 0 saturated carbocycles. The number of H-pyrrole nitrogens is 2. The number of aromatic nitrogens is 2. The zero-order valence-electron chi connectivity index (χ0n) is 11.2. The molecule has 2 aromatic carbocycles. The molecule has 0 amide bonds. The second-order valence-corrected chi connectivity index (χ2v) is 4.64. The first-order valence-electron chi connectivity index (χ1n) is 6.32. The van der Waals surface area contributed by atoms with Crippen LogP contribution in [0.25, 0.3) is 11.0 Å². The maximum Gasteiger partial charge on any atom is 0.323 e. The Bertz CT molecular complexity index is 853. The Kier molecular flexibility index (Phi) is 3.23. The molecule has 1 aromatic heterocycles. The Hall–Kier alpha value is -2.60. The van der Waals surface area contributed by atoms with Crippen molar-refractivity contribution >= 4 is 11.0 Å². The van der Waals surface area contributed by atoms with Gasteiger partial charge in [0, 0.05) is 0 Å². The lowest BCUT2D eigenvalue weighted by atomic mass is 9.99. The number of nitrogens with one attached hydrogen (secondary N) is 2. The summed E-state index contributed by atoms with van der Waals surface area (Å²) in [6.45, 7) is 0. The highest BCUT2D eigenvalue weighted by atomic mass is 19.1. The normalized spacial score (nSPS) is 12.5. The number of imidazole rings is 1. The number of ether oxygens (including phenoxy) is 1. The topological polar surface area (TPSA) is 78.1 Å². The molecule has 6 heteroatoms. The molecule has 1 unspecified atom stereocenters. The van der Waals surface area contributed by atoms with Gasteiger partial charge >= 0.3 is 5.69 Å². The predicted molar refractivity (Wildman–Crippen MR) is 75.9 cm³/mol. The zero-order valence-corrected chi connectivity index (χ0v) is 11.2. The SMILES string of the molecule is COc1cccc(F)c1C(O)c1ccc2[nH]c(=O)[nH]c2c1. The summed E-state index contributed by atoms with van der Waals surface area (Å²) in [6.07, 6.45) is -1.19. The van der Waals surface area contributed by atoms with E-state index >= 15 is 0 Å². The summed E-state index contributed by atoms with van der Waals surface area (Å²) in [5.41, 5.74) is 1.36. The largest absolute Gasteiger partial charge is 0.496 e. The van der Waals surface area contributed by atoms with Gasteiger partial charge in [0.2, 0.25) is 0 Å². The fourth-order valence-electron chi connectivity index (χ4n) is 2.35. The van der Waals surface area contributed by atoms with Crippen LogP contribution in [0.4, 0.5) is 4.39 Å². The first-order valence-corrected chi connectivity index (χ1v) is 6.32. The fraction of sp³-hybridized carbons (Fsp3) is 0.133. The van der Waals surface area contributed by atoms with Gasteiger partial charge in [0.15, 0.2) is 0 Å². The Labute approximate surface area is 119 Å². The quantitative estimate of drug-likeness (QED) is 0.690. The lowest BCUT2D eigenvalue weighted by molar-refractivity contribution is 0.209. The fourth-order valence-corrected chi connectivity index (χ4v) is 2.35. The zero-order chi connectivity index (χ0) is 15.0. The molecule has 0 aliphatic carbocycles. The van der Waals surface area contributed by atoms with E-state index in [1.165, 1.54) is 19.2 Å². The van der Waals surface area contributed by atoms with Crippen molar-refractivity contribution in [1.82, 2.24) is 9.97 Å². The van der Waals surface area contributed by atoms with Gasteiger partial charge in [0.1, 0.15) is 17.7 Å². The van der Waals surface area contributed by atoms with Crippen LogP contribution >= 0.6 is 0 Å². The molecule has 1 heterocycles. The maximum absolute atomic E-state index is 14.0. The monoisotopic (exact) mass is 288 g/mol. The van der Waals surface area contributed by atoms with Crippen molar-refractivity contribution < 1.29 is 14.2 Å². The summed E-state index contributed by atoms with van der Waals surface area (Å²) in [5.74, 6) is -0.283. The number of aromatic amines is 2. The van der Waals surface area contributed by atoms with Gasteiger partial charge in [-0.2, -0.15) is 0 Å². The highest BCUT2D eigenvalue weighted by Gasteiger charge is 2.20. The van der Waals surface area contributed by atoms with Crippen LogP contribution in [0.3, 0.4) is 0 Å². The average molecular weight is 288 g/mol. The van der Waals surface area contributed by atoms with Gasteiger partial charge in [-0.25, -0.2) is 9.18 Å². The third-order valence-corrected chi connectivity index (χ3v) is 3.36. The van der Waals surface area contributed by atoms with E-state index in [-0.39, 0.29) is 17.0 Å². The van der Waals surface area contributed by atoms with E-state index in [9.17, 15) is 14.3 Å². The van der Waals surface area contributed by atoms with Crippen LogP contribution in [-0.4, -0.2) is 22.2 Å². The van der Waals surface area contributed by atoms with Crippen LogP contribution in [-0.2, 0) is 0 Å². The van der Waals surface area contributed by atoms with Crippen LogP contribution in [0.5, 0.6) is 5.75 Å². The molecule has 1 atom stereocenters. The molecule has 21 heavy (non-hydrogen) atoms. The first-order chi connectivity index (χ1) is 10.1. The second-order valence-electron chi connectivity index (χ2n) is 4.64. The molecule has 3 aromatic rings. The van der Waals surface area contributed by atoms with Crippen LogP contribution in [0, 0.1) is 5.82 Å². The Morgan fingerprint density at radius 2 is 1.95 bits per heavy atom. The molecular weight excluding hydrogens is 275 g/mol. The van der Waals surface area contributed by atoms with Gasteiger partial charge in [-0.15, -0.1) is 0 Å². The van der Waals surface area contributed by atoms with Crippen LogP contribution in [0.15, 0.2) is 41.2 Å². The van der Waals surface area contributed by atoms with Crippen LogP contribution in [0.1, 0.15) is 17.2 Å². The number of hydrogen-bond donors (Lipinski definition) is 3. The van der Waals surface area contributed by atoms with Crippen LogP contribution < -0.4 is 10.4 Å². The highest BCUT2D eigenvalue weighted by molar-refractivity contribution is 5.75. The minimum Gasteiger partial charge on any atom is -0.496 e. The smallest absolute Gasteiger partial charge is 0.323 e. The Balaban J connectivity index is 2.11. The summed E-state index contributed by atoms with van der Waals surface area (Å²) in [5, 5.41) is 10.4.